The number of benzene rings is 2. The van der Waals surface area contributed by atoms with Gasteiger partial charge in [0.25, 0.3) is 11.8 Å². The summed E-state index contributed by atoms with van der Waals surface area (Å²) in [5.41, 5.74) is 4.03. The number of nitrogens with one attached hydrogen (secondary N) is 2. The second-order valence-electron chi connectivity index (χ2n) is 5.56. The van der Waals surface area contributed by atoms with Crippen LogP contribution in [0.25, 0.3) is 11.0 Å². The first-order valence-electron chi connectivity index (χ1n) is 7.99. The van der Waals surface area contributed by atoms with Crippen LogP contribution in [-0.2, 0) is 9.53 Å². The monoisotopic (exact) mass is 384 g/mol. The molecular formula is C19H13FN2O6. The number of ether oxygens (including phenoxy) is 1. The summed E-state index contributed by atoms with van der Waals surface area (Å²) in [7, 11) is 0. The summed E-state index contributed by atoms with van der Waals surface area (Å²) < 4.78 is 22.9. The lowest BCUT2D eigenvalue weighted by Crippen LogP contribution is -2.43. The van der Waals surface area contributed by atoms with Gasteiger partial charge in [0.05, 0.1) is 5.39 Å². The summed E-state index contributed by atoms with van der Waals surface area (Å²) in [6.45, 7) is -0.723. The van der Waals surface area contributed by atoms with E-state index in [1.807, 2.05) is 5.43 Å². The number of hydrogen-bond donors (Lipinski definition) is 2. The van der Waals surface area contributed by atoms with Crippen molar-refractivity contribution in [1.29, 1.82) is 0 Å². The third-order valence-corrected chi connectivity index (χ3v) is 3.59. The lowest BCUT2D eigenvalue weighted by atomic mass is 10.2. The van der Waals surface area contributed by atoms with E-state index < -0.39 is 35.6 Å². The third kappa shape index (κ3) is 4.39. The van der Waals surface area contributed by atoms with Crippen molar-refractivity contribution in [3.8, 4) is 0 Å². The van der Waals surface area contributed by atoms with Crippen LogP contribution in [0.15, 0.2) is 63.8 Å². The summed E-state index contributed by atoms with van der Waals surface area (Å²) in [4.78, 5) is 47.4. The van der Waals surface area contributed by atoms with Crippen LogP contribution in [0.4, 0.5) is 4.39 Å². The van der Waals surface area contributed by atoms with Crippen LogP contribution < -0.4 is 16.3 Å². The highest BCUT2D eigenvalue weighted by molar-refractivity contribution is 5.96. The number of amides is 2. The quantitative estimate of drug-likeness (QED) is 0.521. The summed E-state index contributed by atoms with van der Waals surface area (Å²) >= 11 is 0. The molecule has 3 rings (SSSR count). The van der Waals surface area contributed by atoms with Crippen molar-refractivity contribution in [2.24, 2.45) is 0 Å². The maximum absolute atomic E-state index is 12.8. The van der Waals surface area contributed by atoms with Gasteiger partial charge < -0.3 is 9.15 Å². The molecule has 142 valence electrons. The summed E-state index contributed by atoms with van der Waals surface area (Å²) in [5.74, 6) is -3.38. The Labute approximate surface area is 156 Å². The minimum Gasteiger partial charge on any atom is -0.450 e. The van der Waals surface area contributed by atoms with Crippen molar-refractivity contribution in [2.75, 3.05) is 6.61 Å². The van der Waals surface area contributed by atoms with Gasteiger partial charge >= 0.3 is 5.97 Å². The Morgan fingerprint density at radius 1 is 1.00 bits per heavy atom. The molecule has 0 atom stereocenters. The van der Waals surface area contributed by atoms with Crippen molar-refractivity contribution in [3.63, 3.8) is 0 Å². The van der Waals surface area contributed by atoms with Crippen LogP contribution in [0.5, 0.6) is 0 Å². The standard InChI is InChI=1S/C19H13FN2O6/c20-12-7-5-11(6-8-12)18(25)22-21-17(24)10-27-19(26)16-9-14(23)13-3-1-2-4-15(13)28-16/h1-9H,10H2,(H,21,24)(H,22,25). The predicted octanol–water partition coefficient (Wildman–Crippen LogP) is 1.55. The van der Waals surface area contributed by atoms with Crippen LogP contribution in [0.1, 0.15) is 20.9 Å². The average molecular weight is 384 g/mol. The Hall–Kier alpha value is -4.01. The first kappa shape index (κ1) is 18.8. The van der Waals surface area contributed by atoms with E-state index in [1.54, 1.807) is 18.2 Å². The highest BCUT2D eigenvalue weighted by atomic mass is 19.1. The Morgan fingerprint density at radius 2 is 1.71 bits per heavy atom. The highest BCUT2D eigenvalue weighted by Gasteiger charge is 2.16. The maximum atomic E-state index is 12.8. The second kappa shape index (κ2) is 8.12. The number of para-hydroxylation sites is 1. The van der Waals surface area contributed by atoms with E-state index in [2.05, 4.69) is 5.43 Å². The molecule has 0 aliphatic rings. The molecule has 9 heteroatoms. The Bertz CT molecular complexity index is 1110. The number of rotatable bonds is 4. The average Bonchev–Trinajstić information content (AvgIpc) is 2.70. The summed E-state index contributed by atoms with van der Waals surface area (Å²) in [6.07, 6.45) is 0. The van der Waals surface area contributed by atoms with Crippen LogP contribution in [0.3, 0.4) is 0 Å². The van der Waals surface area contributed by atoms with Gasteiger partial charge in [0.2, 0.25) is 5.76 Å². The van der Waals surface area contributed by atoms with E-state index in [0.29, 0.717) is 5.39 Å². The molecule has 2 N–H and O–H groups in total. The highest BCUT2D eigenvalue weighted by Crippen LogP contribution is 2.12. The van der Waals surface area contributed by atoms with Gasteiger partial charge in [-0.05, 0) is 36.4 Å². The molecule has 3 aromatic rings. The fourth-order valence-corrected chi connectivity index (χ4v) is 2.24. The maximum Gasteiger partial charge on any atom is 0.374 e. The minimum atomic E-state index is -1.01. The molecular weight excluding hydrogens is 371 g/mol. The zero-order chi connectivity index (χ0) is 20.1. The molecule has 0 saturated heterocycles. The van der Waals surface area contributed by atoms with Crippen molar-refractivity contribution < 1.29 is 27.9 Å². The van der Waals surface area contributed by atoms with Crippen molar-refractivity contribution in [2.45, 2.75) is 0 Å². The van der Waals surface area contributed by atoms with Crippen LogP contribution in [0, 0.1) is 5.82 Å². The zero-order valence-corrected chi connectivity index (χ0v) is 14.2. The summed E-state index contributed by atoms with van der Waals surface area (Å²) in [5, 5.41) is 0.306. The molecule has 0 saturated carbocycles. The molecule has 28 heavy (non-hydrogen) atoms. The Morgan fingerprint density at radius 3 is 2.46 bits per heavy atom. The van der Waals surface area contributed by atoms with Gasteiger partial charge in [0, 0.05) is 11.6 Å². The number of fused-ring (bicyclic) bond motifs is 1. The zero-order valence-electron chi connectivity index (χ0n) is 14.2. The van der Waals surface area contributed by atoms with Gasteiger partial charge in [0.1, 0.15) is 11.4 Å². The van der Waals surface area contributed by atoms with Crippen LogP contribution >= 0.6 is 0 Å². The van der Waals surface area contributed by atoms with Gasteiger partial charge in [-0.2, -0.15) is 0 Å². The smallest absolute Gasteiger partial charge is 0.374 e. The molecule has 0 unspecified atom stereocenters. The van der Waals surface area contributed by atoms with E-state index >= 15 is 0 Å². The Balaban J connectivity index is 1.54. The first-order valence-corrected chi connectivity index (χ1v) is 7.99. The normalized spacial score (nSPS) is 10.3. The fourth-order valence-electron chi connectivity index (χ4n) is 2.24. The lowest BCUT2D eigenvalue weighted by Gasteiger charge is -2.08. The Kier molecular flexibility index (Phi) is 5.45. The van der Waals surface area contributed by atoms with Crippen LogP contribution in [-0.4, -0.2) is 24.4 Å². The second-order valence-corrected chi connectivity index (χ2v) is 5.56. The number of carbonyl (C=O) groups is 3. The van der Waals surface area contributed by atoms with Crippen molar-refractivity contribution in [1.82, 2.24) is 10.9 Å². The molecule has 8 nitrogen and oxygen atoms in total. The van der Waals surface area contributed by atoms with E-state index in [4.69, 9.17) is 9.15 Å². The number of carbonyl (C=O) groups excluding carboxylic acids is 3. The predicted molar refractivity (Wildman–Crippen MR) is 94.8 cm³/mol. The largest absolute Gasteiger partial charge is 0.450 e. The number of halogens is 1. The van der Waals surface area contributed by atoms with E-state index in [9.17, 15) is 23.6 Å². The van der Waals surface area contributed by atoms with Gasteiger partial charge in [-0.3, -0.25) is 25.2 Å². The third-order valence-electron chi connectivity index (χ3n) is 3.59. The van der Waals surface area contributed by atoms with Gasteiger partial charge in [-0.25, -0.2) is 9.18 Å². The minimum absolute atomic E-state index is 0.122. The lowest BCUT2D eigenvalue weighted by molar-refractivity contribution is -0.125. The first-order chi connectivity index (χ1) is 13.4. The van der Waals surface area contributed by atoms with E-state index in [1.165, 1.54) is 18.2 Å². The molecule has 2 aromatic carbocycles. The topological polar surface area (TPSA) is 115 Å². The fraction of sp³-hybridized carbons (Fsp3) is 0.0526. The van der Waals surface area contributed by atoms with Crippen LogP contribution in [0.2, 0.25) is 0 Å². The summed E-state index contributed by atoms with van der Waals surface area (Å²) in [6, 6.07) is 12.0. The van der Waals surface area contributed by atoms with Crippen molar-refractivity contribution >= 4 is 28.8 Å². The molecule has 1 heterocycles. The van der Waals surface area contributed by atoms with E-state index in [0.717, 1.165) is 18.2 Å². The van der Waals surface area contributed by atoms with Gasteiger partial charge in [-0.1, -0.05) is 12.1 Å². The molecule has 0 bridgehead atoms. The number of esters is 1. The van der Waals surface area contributed by atoms with Gasteiger partial charge in [0.15, 0.2) is 12.0 Å². The molecule has 0 radical (unpaired) electrons. The molecule has 2 amide bonds. The van der Waals surface area contributed by atoms with E-state index in [-0.39, 0.29) is 16.9 Å². The molecule has 1 aromatic heterocycles. The molecule has 0 spiro atoms. The molecule has 0 aliphatic heterocycles. The van der Waals surface area contributed by atoms with Crippen molar-refractivity contribution in [3.05, 3.63) is 82.0 Å². The number of hydrazine groups is 1. The number of hydrogen-bond acceptors (Lipinski definition) is 6. The SMILES string of the molecule is O=C(COC(=O)c1cc(=O)c2ccccc2o1)NNC(=O)c1ccc(F)cc1. The molecule has 0 aliphatic carbocycles. The molecule has 0 fully saturated rings. The van der Waals surface area contributed by atoms with Gasteiger partial charge in [-0.15, -0.1) is 0 Å².